The molecule has 2 aliphatic rings. The lowest BCUT2D eigenvalue weighted by Crippen LogP contribution is -2.58. The molecule has 3 heterocycles. The van der Waals surface area contributed by atoms with Crippen LogP contribution in [0.5, 0.6) is 0 Å². The Kier molecular flexibility index (Phi) is 5.22. The van der Waals surface area contributed by atoms with E-state index in [0.29, 0.717) is 51.1 Å². The molecule has 1 aromatic rings. The summed E-state index contributed by atoms with van der Waals surface area (Å²) in [5.41, 5.74) is -0.823. The van der Waals surface area contributed by atoms with Crippen LogP contribution >= 0.6 is 11.6 Å². The first kappa shape index (κ1) is 18.7. The maximum absolute atomic E-state index is 12.4. The topological polar surface area (TPSA) is 95.8 Å². The van der Waals surface area contributed by atoms with Crippen molar-refractivity contribution < 1.29 is 18.9 Å². The van der Waals surface area contributed by atoms with Crippen LogP contribution < -0.4 is 5.32 Å². The quantitative estimate of drug-likeness (QED) is 0.784. The minimum Gasteiger partial charge on any atom is -0.360 e. The molecule has 26 heavy (non-hydrogen) atoms. The number of carbonyl (C=O) groups excluding carboxylic acids is 3. The third-order valence-corrected chi connectivity index (χ3v) is 5.19. The van der Waals surface area contributed by atoms with Crippen molar-refractivity contribution >= 4 is 29.4 Å². The maximum Gasteiger partial charge on any atom is 0.325 e. The van der Waals surface area contributed by atoms with Crippen LogP contribution in [0.3, 0.4) is 0 Å². The second-order valence-electron chi connectivity index (χ2n) is 7.29. The molecule has 142 valence electrons. The van der Waals surface area contributed by atoms with Gasteiger partial charge in [0.15, 0.2) is 5.15 Å². The Balaban J connectivity index is 1.59. The number of halogens is 1. The lowest BCUT2D eigenvalue weighted by molar-refractivity contribution is -0.138. The Morgan fingerprint density at radius 2 is 2.08 bits per heavy atom. The predicted molar refractivity (Wildman–Crippen MR) is 93.5 cm³/mol. The fraction of sp³-hybridized carbons (Fsp3) is 0.647. The molecule has 1 N–H and O–H groups in total. The molecular formula is C17H23ClN4O4. The van der Waals surface area contributed by atoms with Gasteiger partial charge < -0.3 is 14.3 Å². The zero-order valence-corrected chi connectivity index (χ0v) is 15.7. The van der Waals surface area contributed by atoms with Crippen molar-refractivity contribution in [2.45, 2.75) is 45.1 Å². The fourth-order valence-corrected chi connectivity index (χ4v) is 3.79. The van der Waals surface area contributed by atoms with Crippen molar-refractivity contribution in [1.82, 2.24) is 20.3 Å². The summed E-state index contributed by atoms with van der Waals surface area (Å²) in [6, 6.07) is 1.27. The summed E-state index contributed by atoms with van der Waals surface area (Å²) in [7, 11) is 0. The molecule has 2 saturated heterocycles. The lowest BCUT2D eigenvalue weighted by Gasteiger charge is -2.42. The van der Waals surface area contributed by atoms with Crippen molar-refractivity contribution in [2.24, 2.45) is 5.92 Å². The van der Waals surface area contributed by atoms with E-state index in [0.717, 1.165) is 0 Å². The van der Waals surface area contributed by atoms with Crippen LogP contribution in [0.4, 0.5) is 4.79 Å². The van der Waals surface area contributed by atoms with Gasteiger partial charge in [0.2, 0.25) is 5.91 Å². The molecule has 0 aromatic carbocycles. The summed E-state index contributed by atoms with van der Waals surface area (Å²) in [5.74, 6) is 0.580. The van der Waals surface area contributed by atoms with E-state index in [2.05, 4.69) is 10.5 Å². The predicted octanol–water partition coefficient (Wildman–Crippen LogP) is 1.83. The van der Waals surface area contributed by atoms with Crippen LogP contribution in [0.1, 0.15) is 38.9 Å². The van der Waals surface area contributed by atoms with Crippen LogP contribution in [-0.2, 0) is 16.0 Å². The number of nitrogens with one attached hydrogen (secondary N) is 1. The minimum absolute atomic E-state index is 0.00693. The first-order valence-corrected chi connectivity index (χ1v) is 9.21. The van der Waals surface area contributed by atoms with Gasteiger partial charge in [-0.1, -0.05) is 30.6 Å². The highest BCUT2D eigenvalue weighted by atomic mass is 35.5. The Morgan fingerprint density at radius 1 is 1.38 bits per heavy atom. The molecule has 0 saturated carbocycles. The smallest absolute Gasteiger partial charge is 0.325 e. The average molecular weight is 383 g/mol. The Hall–Kier alpha value is -2.09. The van der Waals surface area contributed by atoms with Crippen molar-refractivity contribution in [2.75, 3.05) is 19.6 Å². The number of piperidine rings is 1. The van der Waals surface area contributed by atoms with E-state index in [4.69, 9.17) is 16.1 Å². The molecule has 0 unspecified atom stereocenters. The summed E-state index contributed by atoms with van der Waals surface area (Å²) < 4.78 is 5.01. The molecule has 0 atom stereocenters. The van der Waals surface area contributed by atoms with Gasteiger partial charge in [-0.25, -0.2) is 4.79 Å². The third kappa shape index (κ3) is 3.56. The Labute approximate surface area is 156 Å². The molecule has 1 aromatic heterocycles. The van der Waals surface area contributed by atoms with Crippen molar-refractivity contribution in [3.8, 4) is 0 Å². The Bertz CT molecular complexity index is 709. The van der Waals surface area contributed by atoms with Gasteiger partial charge in [-0.3, -0.25) is 14.9 Å². The number of hydrogen-bond donors (Lipinski definition) is 1. The molecule has 9 heteroatoms. The summed E-state index contributed by atoms with van der Waals surface area (Å²) in [6.45, 7) is 5.45. The largest absolute Gasteiger partial charge is 0.360 e. The maximum atomic E-state index is 12.4. The number of rotatable bonds is 5. The number of urea groups is 1. The van der Waals surface area contributed by atoms with Gasteiger partial charge in [-0.2, -0.15) is 0 Å². The molecule has 0 aliphatic carbocycles. The van der Waals surface area contributed by atoms with Gasteiger partial charge in [0.1, 0.15) is 11.3 Å². The molecule has 8 nitrogen and oxygen atoms in total. The zero-order chi connectivity index (χ0) is 18.9. The van der Waals surface area contributed by atoms with Crippen LogP contribution in [0.2, 0.25) is 5.15 Å². The SMILES string of the molecule is CC(C)CN1C(=O)NC(=O)C12CCN(C(=O)CCc1cc(Cl)no1)CC2. The van der Waals surface area contributed by atoms with Crippen LogP contribution in [-0.4, -0.2) is 58.0 Å². The molecule has 2 aliphatic heterocycles. The molecule has 2 fully saturated rings. The van der Waals surface area contributed by atoms with Gasteiger partial charge in [-0.05, 0) is 18.8 Å². The zero-order valence-electron chi connectivity index (χ0n) is 15.0. The molecule has 0 bridgehead atoms. The van der Waals surface area contributed by atoms with E-state index >= 15 is 0 Å². The average Bonchev–Trinajstić information content (AvgIpc) is 3.10. The highest BCUT2D eigenvalue weighted by molar-refractivity contribution is 6.29. The number of amides is 4. The number of carbonyl (C=O) groups is 3. The summed E-state index contributed by atoms with van der Waals surface area (Å²) in [4.78, 5) is 40.4. The number of hydrogen-bond acceptors (Lipinski definition) is 5. The van der Waals surface area contributed by atoms with Gasteiger partial charge in [0.25, 0.3) is 5.91 Å². The van der Waals surface area contributed by atoms with Gasteiger partial charge in [0, 0.05) is 38.5 Å². The van der Waals surface area contributed by atoms with Crippen molar-refractivity contribution in [1.29, 1.82) is 0 Å². The highest BCUT2D eigenvalue weighted by Crippen LogP contribution is 2.34. The van der Waals surface area contributed by atoms with Gasteiger partial charge >= 0.3 is 6.03 Å². The van der Waals surface area contributed by atoms with Gasteiger partial charge in [-0.15, -0.1) is 0 Å². The lowest BCUT2D eigenvalue weighted by atomic mass is 9.85. The first-order valence-electron chi connectivity index (χ1n) is 8.84. The molecule has 3 rings (SSSR count). The fourth-order valence-electron chi connectivity index (χ4n) is 3.64. The van der Waals surface area contributed by atoms with Crippen molar-refractivity contribution in [3.05, 3.63) is 17.0 Å². The number of imide groups is 1. The standard InChI is InChI=1S/C17H23ClN4O4/c1-11(2)10-22-16(25)19-15(24)17(22)5-7-21(8-6-17)14(23)4-3-12-9-13(18)20-26-12/h9,11H,3-8,10H2,1-2H3,(H,19,24,25). The van der Waals surface area contributed by atoms with E-state index in [9.17, 15) is 14.4 Å². The minimum atomic E-state index is -0.823. The third-order valence-electron chi connectivity index (χ3n) is 5.01. The second-order valence-corrected chi connectivity index (χ2v) is 7.68. The van der Waals surface area contributed by atoms with E-state index in [1.807, 2.05) is 13.8 Å². The van der Waals surface area contributed by atoms with Crippen molar-refractivity contribution in [3.63, 3.8) is 0 Å². The number of nitrogens with zero attached hydrogens (tertiary/aromatic N) is 3. The number of aryl methyl sites for hydroxylation is 1. The second kappa shape index (κ2) is 7.26. The van der Waals surface area contributed by atoms with Gasteiger partial charge in [0.05, 0.1) is 0 Å². The molecule has 0 radical (unpaired) electrons. The Morgan fingerprint density at radius 3 is 2.65 bits per heavy atom. The van der Waals surface area contributed by atoms with Crippen LogP contribution in [0.25, 0.3) is 0 Å². The van der Waals surface area contributed by atoms with E-state index in [1.165, 1.54) is 0 Å². The first-order chi connectivity index (χ1) is 12.3. The number of likely N-dealkylation sites (tertiary alicyclic amines) is 1. The summed E-state index contributed by atoms with van der Waals surface area (Å²) in [6.07, 6.45) is 1.63. The molecule has 4 amide bonds. The molecule has 1 spiro atoms. The normalized spacial score (nSPS) is 19.5. The monoisotopic (exact) mass is 382 g/mol. The van der Waals surface area contributed by atoms with E-state index in [-0.39, 0.29) is 28.9 Å². The molecular weight excluding hydrogens is 360 g/mol. The summed E-state index contributed by atoms with van der Waals surface area (Å²) in [5, 5.41) is 6.30. The van der Waals surface area contributed by atoms with Crippen LogP contribution in [0.15, 0.2) is 10.6 Å². The highest BCUT2D eigenvalue weighted by Gasteiger charge is 2.54. The van der Waals surface area contributed by atoms with E-state index in [1.54, 1.807) is 15.9 Å². The number of aromatic nitrogens is 1. The summed E-state index contributed by atoms with van der Waals surface area (Å²) >= 11 is 5.70. The van der Waals surface area contributed by atoms with Crippen LogP contribution in [0, 0.1) is 5.92 Å². The van der Waals surface area contributed by atoms with E-state index < -0.39 is 5.54 Å².